The zero-order valence-corrected chi connectivity index (χ0v) is 8.36. The molecule has 0 saturated carbocycles. The summed E-state index contributed by atoms with van der Waals surface area (Å²) in [4.78, 5) is 0. The van der Waals surface area contributed by atoms with Crippen LogP contribution in [0.15, 0.2) is 0 Å². The van der Waals surface area contributed by atoms with E-state index in [4.69, 9.17) is 19.7 Å². The summed E-state index contributed by atoms with van der Waals surface area (Å²) in [5, 5.41) is 17.9. The van der Waals surface area contributed by atoms with Gasteiger partial charge in [0.1, 0.15) is 12.2 Å². The molecule has 4 heteroatoms. The average Bonchev–Trinajstić information content (AvgIpc) is 2.45. The van der Waals surface area contributed by atoms with Crippen LogP contribution in [0.4, 0.5) is 0 Å². The van der Waals surface area contributed by atoms with Gasteiger partial charge in [0.05, 0.1) is 13.2 Å². The highest BCUT2D eigenvalue weighted by Crippen LogP contribution is 2.31. The van der Waals surface area contributed by atoms with Crippen molar-refractivity contribution >= 4 is 0 Å². The summed E-state index contributed by atoms with van der Waals surface area (Å²) in [6.07, 6.45) is -1.13. The Hall–Kier alpha value is -0.160. The molecule has 0 aromatic carbocycles. The van der Waals surface area contributed by atoms with Crippen LogP contribution < -0.4 is 0 Å². The molecule has 1 saturated heterocycles. The fraction of sp³-hybridized carbons (Fsp3) is 1.00. The highest BCUT2D eigenvalue weighted by Gasteiger charge is 2.40. The van der Waals surface area contributed by atoms with E-state index in [1.807, 2.05) is 20.8 Å². The second-order valence-corrected chi connectivity index (χ2v) is 4.41. The van der Waals surface area contributed by atoms with Gasteiger partial charge < -0.3 is 19.7 Å². The molecule has 4 nitrogen and oxygen atoms in total. The number of hydrogen-bond acceptors (Lipinski definition) is 4. The Morgan fingerprint density at radius 2 is 1.38 bits per heavy atom. The third kappa shape index (κ3) is 2.40. The highest BCUT2D eigenvalue weighted by atomic mass is 16.7. The van der Waals surface area contributed by atoms with Gasteiger partial charge in [-0.05, 0) is 0 Å². The number of hydrogen-bond donors (Lipinski definition) is 2. The normalized spacial score (nSPS) is 31.2. The van der Waals surface area contributed by atoms with Crippen LogP contribution >= 0.6 is 0 Å². The minimum absolute atomic E-state index is 0.113. The van der Waals surface area contributed by atoms with Crippen molar-refractivity contribution in [1.82, 2.24) is 0 Å². The molecule has 0 amide bonds. The first-order chi connectivity index (χ1) is 5.99. The van der Waals surface area contributed by atoms with Crippen molar-refractivity contribution in [3.63, 3.8) is 0 Å². The highest BCUT2D eigenvalue weighted by molar-refractivity contribution is 4.81. The minimum Gasteiger partial charge on any atom is -0.394 e. The first-order valence-corrected chi connectivity index (χ1v) is 4.51. The van der Waals surface area contributed by atoms with Crippen LogP contribution in [-0.2, 0) is 9.47 Å². The molecule has 13 heavy (non-hydrogen) atoms. The van der Waals surface area contributed by atoms with Crippen LogP contribution in [0.1, 0.15) is 20.8 Å². The second kappa shape index (κ2) is 3.92. The van der Waals surface area contributed by atoms with Crippen LogP contribution in [0.3, 0.4) is 0 Å². The van der Waals surface area contributed by atoms with Gasteiger partial charge in [0.25, 0.3) is 0 Å². The van der Waals surface area contributed by atoms with E-state index in [-0.39, 0.29) is 24.9 Å². The Bertz CT molecular complexity index is 151. The summed E-state index contributed by atoms with van der Waals surface area (Å²) in [7, 11) is 0. The van der Waals surface area contributed by atoms with Crippen LogP contribution in [0.2, 0.25) is 0 Å². The van der Waals surface area contributed by atoms with Crippen LogP contribution in [-0.4, -0.2) is 41.9 Å². The van der Waals surface area contributed by atoms with Crippen molar-refractivity contribution in [1.29, 1.82) is 0 Å². The minimum atomic E-state index is -0.394. The molecular weight excluding hydrogens is 172 g/mol. The fourth-order valence-electron chi connectivity index (χ4n) is 1.25. The van der Waals surface area contributed by atoms with E-state index in [9.17, 15) is 0 Å². The van der Waals surface area contributed by atoms with Gasteiger partial charge in [-0.1, -0.05) is 20.8 Å². The molecule has 1 fully saturated rings. The van der Waals surface area contributed by atoms with E-state index in [0.29, 0.717) is 0 Å². The Balaban J connectivity index is 2.58. The zero-order valence-electron chi connectivity index (χ0n) is 8.36. The Morgan fingerprint density at radius 3 is 1.62 bits per heavy atom. The summed E-state index contributed by atoms with van der Waals surface area (Å²) < 4.78 is 10.9. The van der Waals surface area contributed by atoms with Crippen molar-refractivity contribution < 1.29 is 19.7 Å². The van der Waals surface area contributed by atoms with Gasteiger partial charge >= 0.3 is 0 Å². The lowest BCUT2D eigenvalue weighted by Gasteiger charge is -2.25. The lowest BCUT2D eigenvalue weighted by Crippen LogP contribution is -2.29. The molecule has 0 aliphatic carbocycles. The zero-order chi connectivity index (χ0) is 10.1. The van der Waals surface area contributed by atoms with E-state index in [1.54, 1.807) is 0 Å². The topological polar surface area (TPSA) is 58.9 Å². The summed E-state index contributed by atoms with van der Waals surface area (Å²) in [6, 6.07) is 0. The van der Waals surface area contributed by atoms with Gasteiger partial charge in [-0.2, -0.15) is 0 Å². The van der Waals surface area contributed by atoms with Gasteiger partial charge in [-0.3, -0.25) is 0 Å². The molecule has 2 N–H and O–H groups in total. The van der Waals surface area contributed by atoms with Gasteiger partial charge in [0.2, 0.25) is 0 Å². The summed E-state index contributed by atoms with van der Waals surface area (Å²) in [5.41, 5.74) is -0.128. The van der Waals surface area contributed by atoms with Crippen molar-refractivity contribution in [2.24, 2.45) is 5.41 Å². The molecule has 1 rings (SSSR count). The van der Waals surface area contributed by atoms with E-state index < -0.39 is 12.2 Å². The summed E-state index contributed by atoms with van der Waals surface area (Å²) in [5.74, 6) is 0. The molecule has 1 heterocycles. The van der Waals surface area contributed by atoms with Crippen molar-refractivity contribution in [3.8, 4) is 0 Å². The maximum atomic E-state index is 8.93. The quantitative estimate of drug-likeness (QED) is 0.649. The maximum absolute atomic E-state index is 8.93. The van der Waals surface area contributed by atoms with Crippen LogP contribution in [0.25, 0.3) is 0 Å². The molecule has 0 aromatic rings. The Labute approximate surface area is 78.5 Å². The molecule has 78 valence electrons. The van der Waals surface area contributed by atoms with Gasteiger partial charge in [-0.25, -0.2) is 0 Å². The molecule has 0 spiro atoms. The number of aliphatic hydroxyl groups is 2. The molecule has 0 unspecified atom stereocenters. The largest absolute Gasteiger partial charge is 0.394 e. The predicted molar refractivity (Wildman–Crippen MR) is 47.2 cm³/mol. The first kappa shape index (κ1) is 10.9. The van der Waals surface area contributed by atoms with E-state index in [1.165, 1.54) is 0 Å². The summed E-state index contributed by atoms with van der Waals surface area (Å²) in [6.45, 7) is 5.75. The van der Waals surface area contributed by atoms with Gasteiger partial charge in [-0.15, -0.1) is 0 Å². The summed E-state index contributed by atoms with van der Waals surface area (Å²) >= 11 is 0. The van der Waals surface area contributed by atoms with Crippen molar-refractivity contribution in [3.05, 3.63) is 0 Å². The number of rotatable bonds is 2. The van der Waals surface area contributed by atoms with Crippen LogP contribution in [0, 0.1) is 5.41 Å². The SMILES string of the molecule is CC(C)(C)C1O[C@H](CO)[C@@H](CO)O1. The third-order valence-corrected chi connectivity index (χ3v) is 2.08. The fourth-order valence-corrected chi connectivity index (χ4v) is 1.25. The first-order valence-electron chi connectivity index (χ1n) is 4.51. The van der Waals surface area contributed by atoms with E-state index in [0.717, 1.165) is 0 Å². The van der Waals surface area contributed by atoms with Gasteiger partial charge in [0, 0.05) is 5.41 Å². The van der Waals surface area contributed by atoms with E-state index >= 15 is 0 Å². The van der Waals surface area contributed by atoms with Crippen LogP contribution in [0.5, 0.6) is 0 Å². The standard InChI is InChI=1S/C9H18O4/c1-9(2,3)8-12-6(4-10)7(5-11)13-8/h6-8,10-11H,4-5H2,1-3H3/t6-,7-/m1/s1. The lowest BCUT2D eigenvalue weighted by atomic mass is 9.96. The molecule has 2 atom stereocenters. The Morgan fingerprint density at radius 1 is 1.00 bits per heavy atom. The molecule has 1 aliphatic rings. The maximum Gasteiger partial charge on any atom is 0.163 e. The molecule has 0 aromatic heterocycles. The smallest absolute Gasteiger partial charge is 0.163 e. The lowest BCUT2D eigenvalue weighted by molar-refractivity contribution is -0.136. The predicted octanol–water partition coefficient (Wildman–Crippen LogP) is 0.127. The number of ether oxygens (including phenoxy) is 2. The van der Waals surface area contributed by atoms with Crippen molar-refractivity contribution in [2.75, 3.05) is 13.2 Å². The molecule has 0 radical (unpaired) electrons. The average molecular weight is 190 g/mol. The van der Waals surface area contributed by atoms with Gasteiger partial charge in [0.15, 0.2) is 6.29 Å². The molecule has 1 aliphatic heterocycles. The third-order valence-electron chi connectivity index (χ3n) is 2.08. The second-order valence-electron chi connectivity index (χ2n) is 4.41. The number of aliphatic hydroxyl groups excluding tert-OH is 2. The molecular formula is C9H18O4. The van der Waals surface area contributed by atoms with Crippen molar-refractivity contribution in [2.45, 2.75) is 39.3 Å². The molecule has 0 bridgehead atoms. The Kier molecular flexibility index (Phi) is 3.29. The van der Waals surface area contributed by atoms with E-state index in [2.05, 4.69) is 0 Å². The monoisotopic (exact) mass is 190 g/mol.